The van der Waals surface area contributed by atoms with Crippen LogP contribution in [0.1, 0.15) is 25.3 Å². The lowest BCUT2D eigenvalue weighted by atomic mass is 10.0. The van der Waals surface area contributed by atoms with E-state index in [9.17, 15) is 4.39 Å². The van der Waals surface area contributed by atoms with Gasteiger partial charge in [0.15, 0.2) is 0 Å². The minimum atomic E-state index is -0.0869. The van der Waals surface area contributed by atoms with Gasteiger partial charge in [0.25, 0.3) is 0 Å². The first-order chi connectivity index (χ1) is 6.18. The molecule has 0 radical (unpaired) electrons. The molecule has 1 aromatic carbocycles. The Morgan fingerprint density at radius 1 is 1.31 bits per heavy atom. The molecule has 1 aromatic heterocycles. The molecular formula is C11H11FS. The maximum absolute atomic E-state index is 13.5. The second-order valence-corrected chi connectivity index (χ2v) is 4.41. The predicted octanol–water partition coefficient (Wildman–Crippen LogP) is 4.16. The van der Waals surface area contributed by atoms with E-state index >= 15 is 0 Å². The van der Waals surface area contributed by atoms with E-state index in [1.807, 2.05) is 11.4 Å². The van der Waals surface area contributed by atoms with Gasteiger partial charge in [-0.1, -0.05) is 13.8 Å². The average Bonchev–Trinajstić information content (AvgIpc) is 2.51. The Morgan fingerprint density at radius 2 is 2.08 bits per heavy atom. The molecule has 0 nitrogen and oxygen atoms in total. The number of hydrogen-bond donors (Lipinski definition) is 0. The first kappa shape index (κ1) is 8.70. The zero-order valence-corrected chi connectivity index (χ0v) is 8.49. The smallest absolute Gasteiger partial charge is 0.141 e. The molecule has 0 aliphatic carbocycles. The number of benzene rings is 1. The SMILES string of the molecule is CC(C)c1cc(F)c2sccc2c1. The molecule has 0 atom stereocenters. The Labute approximate surface area is 81.0 Å². The zero-order chi connectivity index (χ0) is 9.42. The van der Waals surface area contributed by atoms with E-state index in [4.69, 9.17) is 0 Å². The van der Waals surface area contributed by atoms with Crippen molar-refractivity contribution in [2.75, 3.05) is 0 Å². The highest BCUT2D eigenvalue weighted by molar-refractivity contribution is 7.17. The Bertz CT molecular complexity index is 429. The fourth-order valence-electron chi connectivity index (χ4n) is 1.39. The van der Waals surface area contributed by atoms with E-state index in [0.717, 1.165) is 15.6 Å². The maximum atomic E-state index is 13.5. The molecule has 2 rings (SSSR count). The normalized spacial score (nSPS) is 11.4. The minimum absolute atomic E-state index is 0.0869. The average molecular weight is 194 g/mol. The third-order valence-electron chi connectivity index (χ3n) is 2.19. The van der Waals surface area contributed by atoms with Crippen molar-refractivity contribution in [2.45, 2.75) is 19.8 Å². The van der Waals surface area contributed by atoms with Crippen LogP contribution in [0.25, 0.3) is 10.1 Å². The molecule has 0 bridgehead atoms. The van der Waals surface area contributed by atoms with Crippen LogP contribution in [0.2, 0.25) is 0 Å². The van der Waals surface area contributed by atoms with Crippen LogP contribution in [-0.4, -0.2) is 0 Å². The Balaban J connectivity index is 2.70. The summed E-state index contributed by atoms with van der Waals surface area (Å²) in [6, 6.07) is 5.68. The first-order valence-corrected chi connectivity index (χ1v) is 5.23. The maximum Gasteiger partial charge on any atom is 0.141 e. The Kier molecular flexibility index (Phi) is 2.08. The van der Waals surface area contributed by atoms with Gasteiger partial charge in [-0.25, -0.2) is 4.39 Å². The largest absolute Gasteiger partial charge is 0.205 e. The van der Waals surface area contributed by atoms with E-state index in [1.54, 1.807) is 6.07 Å². The van der Waals surface area contributed by atoms with Crippen LogP contribution in [0.4, 0.5) is 4.39 Å². The van der Waals surface area contributed by atoms with Gasteiger partial charge in [0.2, 0.25) is 0 Å². The van der Waals surface area contributed by atoms with Crippen LogP contribution in [0, 0.1) is 5.82 Å². The first-order valence-electron chi connectivity index (χ1n) is 4.35. The third kappa shape index (κ3) is 1.46. The molecule has 0 aliphatic rings. The summed E-state index contributed by atoms with van der Waals surface area (Å²) in [6.45, 7) is 4.15. The van der Waals surface area contributed by atoms with Crippen LogP contribution >= 0.6 is 11.3 Å². The fourth-order valence-corrected chi connectivity index (χ4v) is 2.18. The van der Waals surface area contributed by atoms with Crippen molar-refractivity contribution >= 4 is 21.4 Å². The van der Waals surface area contributed by atoms with Gasteiger partial charge in [0.1, 0.15) is 5.82 Å². The lowest BCUT2D eigenvalue weighted by molar-refractivity contribution is 0.637. The highest BCUT2D eigenvalue weighted by Crippen LogP contribution is 2.28. The predicted molar refractivity (Wildman–Crippen MR) is 55.9 cm³/mol. The molecule has 1 heterocycles. The zero-order valence-electron chi connectivity index (χ0n) is 7.67. The summed E-state index contributed by atoms with van der Waals surface area (Å²) in [5.74, 6) is 0.301. The van der Waals surface area contributed by atoms with Gasteiger partial charge in [0.05, 0.1) is 4.70 Å². The van der Waals surface area contributed by atoms with Gasteiger partial charge in [-0.05, 0) is 40.4 Å². The van der Waals surface area contributed by atoms with Gasteiger partial charge in [0, 0.05) is 0 Å². The molecule has 0 N–H and O–H groups in total. The molecule has 0 unspecified atom stereocenters. The number of rotatable bonds is 1. The van der Waals surface area contributed by atoms with Crippen molar-refractivity contribution < 1.29 is 4.39 Å². The lowest BCUT2D eigenvalue weighted by Gasteiger charge is -2.05. The summed E-state index contributed by atoms with van der Waals surface area (Å²) in [5.41, 5.74) is 1.07. The van der Waals surface area contributed by atoms with Gasteiger partial charge >= 0.3 is 0 Å². The second kappa shape index (κ2) is 3.11. The van der Waals surface area contributed by atoms with Crippen molar-refractivity contribution in [3.8, 4) is 0 Å². The van der Waals surface area contributed by atoms with Gasteiger partial charge in [-0.2, -0.15) is 0 Å². The van der Waals surface area contributed by atoms with Gasteiger partial charge in [-0.15, -0.1) is 11.3 Å². The summed E-state index contributed by atoms with van der Waals surface area (Å²) in [7, 11) is 0. The van der Waals surface area contributed by atoms with Crippen molar-refractivity contribution in [3.63, 3.8) is 0 Å². The second-order valence-electron chi connectivity index (χ2n) is 3.50. The molecule has 2 heteroatoms. The molecule has 13 heavy (non-hydrogen) atoms. The van der Waals surface area contributed by atoms with E-state index in [0.29, 0.717) is 5.92 Å². The van der Waals surface area contributed by atoms with E-state index in [2.05, 4.69) is 19.9 Å². The summed E-state index contributed by atoms with van der Waals surface area (Å²) in [5, 5.41) is 2.95. The third-order valence-corrected chi connectivity index (χ3v) is 3.13. The number of fused-ring (bicyclic) bond motifs is 1. The van der Waals surface area contributed by atoms with E-state index in [1.165, 1.54) is 11.3 Å². The van der Waals surface area contributed by atoms with Crippen LogP contribution < -0.4 is 0 Å². The fraction of sp³-hybridized carbons (Fsp3) is 0.273. The van der Waals surface area contributed by atoms with Crippen LogP contribution in [0.15, 0.2) is 23.6 Å². The summed E-state index contributed by atoms with van der Waals surface area (Å²) in [6.07, 6.45) is 0. The van der Waals surface area contributed by atoms with Crippen molar-refractivity contribution in [1.82, 2.24) is 0 Å². The molecule has 2 aromatic rings. The lowest BCUT2D eigenvalue weighted by Crippen LogP contribution is -1.88. The molecule has 0 saturated heterocycles. The molecule has 0 saturated carbocycles. The van der Waals surface area contributed by atoms with Crippen LogP contribution in [-0.2, 0) is 0 Å². The van der Waals surface area contributed by atoms with Crippen molar-refractivity contribution in [2.24, 2.45) is 0 Å². The molecule has 0 fully saturated rings. The quantitative estimate of drug-likeness (QED) is 0.639. The van der Waals surface area contributed by atoms with Crippen molar-refractivity contribution in [1.29, 1.82) is 0 Å². The summed E-state index contributed by atoms with van der Waals surface area (Å²) < 4.78 is 14.2. The monoisotopic (exact) mass is 194 g/mol. The molecular weight excluding hydrogens is 183 g/mol. The number of thiophene rings is 1. The van der Waals surface area contributed by atoms with E-state index < -0.39 is 0 Å². The molecule has 0 amide bonds. The van der Waals surface area contributed by atoms with Crippen LogP contribution in [0.3, 0.4) is 0 Å². The van der Waals surface area contributed by atoms with E-state index in [-0.39, 0.29) is 5.82 Å². The van der Waals surface area contributed by atoms with Gasteiger partial charge in [-0.3, -0.25) is 0 Å². The highest BCUT2D eigenvalue weighted by Gasteiger charge is 2.06. The minimum Gasteiger partial charge on any atom is -0.205 e. The highest BCUT2D eigenvalue weighted by atomic mass is 32.1. The Morgan fingerprint density at radius 3 is 2.77 bits per heavy atom. The number of halogens is 1. The molecule has 0 spiro atoms. The standard InChI is InChI=1S/C11H11FS/c1-7(2)9-5-8-3-4-13-11(8)10(12)6-9/h3-7H,1-2H3. The Hall–Kier alpha value is -0.890. The topological polar surface area (TPSA) is 0 Å². The van der Waals surface area contributed by atoms with Crippen molar-refractivity contribution in [3.05, 3.63) is 35.0 Å². The van der Waals surface area contributed by atoms with Crippen LogP contribution in [0.5, 0.6) is 0 Å². The summed E-state index contributed by atoms with van der Waals surface area (Å²) >= 11 is 1.46. The van der Waals surface area contributed by atoms with Gasteiger partial charge < -0.3 is 0 Å². The number of hydrogen-bond acceptors (Lipinski definition) is 1. The molecule has 68 valence electrons. The summed E-state index contributed by atoms with van der Waals surface area (Å²) in [4.78, 5) is 0. The molecule has 0 aliphatic heterocycles.